The highest BCUT2D eigenvalue weighted by Crippen LogP contribution is 2.19. The molecule has 0 heterocycles. The standard InChI is InChI=1S/C14H12ClNO/c1-10-7-12(15)9-13(8-10)16-14(17)11-5-3-2-4-6-11/h2-9H,1H3,(H,16,17). The molecule has 2 rings (SSSR count). The zero-order chi connectivity index (χ0) is 12.3. The number of amides is 1. The zero-order valence-electron chi connectivity index (χ0n) is 9.41. The number of carbonyl (C=O) groups is 1. The maximum Gasteiger partial charge on any atom is 0.255 e. The molecule has 0 spiro atoms. The van der Waals surface area contributed by atoms with E-state index in [2.05, 4.69) is 5.32 Å². The maximum absolute atomic E-state index is 11.9. The Kier molecular flexibility index (Phi) is 3.45. The molecule has 0 aliphatic rings. The van der Waals surface area contributed by atoms with Gasteiger partial charge < -0.3 is 5.32 Å². The third-order valence-electron chi connectivity index (χ3n) is 2.34. The van der Waals surface area contributed by atoms with E-state index in [1.165, 1.54) is 0 Å². The van der Waals surface area contributed by atoms with Gasteiger partial charge in [0.05, 0.1) is 0 Å². The molecule has 2 aromatic rings. The Morgan fingerprint density at radius 1 is 1.12 bits per heavy atom. The third kappa shape index (κ3) is 3.08. The van der Waals surface area contributed by atoms with Crippen LogP contribution < -0.4 is 5.32 Å². The van der Waals surface area contributed by atoms with Crippen molar-refractivity contribution < 1.29 is 4.79 Å². The Labute approximate surface area is 105 Å². The fourth-order valence-electron chi connectivity index (χ4n) is 1.60. The first kappa shape index (κ1) is 11.7. The van der Waals surface area contributed by atoms with Crippen LogP contribution in [0.2, 0.25) is 5.02 Å². The molecular weight excluding hydrogens is 234 g/mol. The van der Waals surface area contributed by atoms with Gasteiger partial charge in [0.1, 0.15) is 0 Å². The molecule has 1 N–H and O–H groups in total. The molecule has 0 aromatic heterocycles. The molecule has 2 aromatic carbocycles. The summed E-state index contributed by atoms with van der Waals surface area (Å²) in [4.78, 5) is 11.9. The van der Waals surface area contributed by atoms with Crippen molar-refractivity contribution in [3.8, 4) is 0 Å². The summed E-state index contributed by atoms with van der Waals surface area (Å²) in [5.41, 5.74) is 2.36. The SMILES string of the molecule is Cc1cc(Cl)cc(NC(=O)c2ccccc2)c1. The van der Waals surface area contributed by atoms with Gasteiger partial charge in [0.2, 0.25) is 0 Å². The molecule has 0 saturated heterocycles. The highest BCUT2D eigenvalue weighted by Gasteiger charge is 2.05. The summed E-state index contributed by atoms with van der Waals surface area (Å²) < 4.78 is 0. The van der Waals surface area contributed by atoms with Crippen LogP contribution in [0.25, 0.3) is 0 Å². The fourth-order valence-corrected chi connectivity index (χ4v) is 1.89. The Bertz CT molecular complexity index is 517. The van der Waals surface area contributed by atoms with Crippen LogP contribution in [0.4, 0.5) is 5.69 Å². The van der Waals surface area contributed by atoms with Crippen molar-refractivity contribution in [3.63, 3.8) is 0 Å². The second-order valence-electron chi connectivity index (χ2n) is 3.84. The molecule has 0 unspecified atom stereocenters. The molecule has 0 radical (unpaired) electrons. The second kappa shape index (κ2) is 5.02. The van der Waals surface area contributed by atoms with Gasteiger partial charge in [0.15, 0.2) is 0 Å². The lowest BCUT2D eigenvalue weighted by atomic mass is 10.2. The summed E-state index contributed by atoms with van der Waals surface area (Å²) in [6.07, 6.45) is 0. The van der Waals surface area contributed by atoms with Gasteiger partial charge >= 0.3 is 0 Å². The Morgan fingerprint density at radius 3 is 2.47 bits per heavy atom. The lowest BCUT2D eigenvalue weighted by molar-refractivity contribution is 0.102. The van der Waals surface area contributed by atoms with E-state index >= 15 is 0 Å². The van der Waals surface area contributed by atoms with Crippen LogP contribution in [-0.4, -0.2) is 5.91 Å². The summed E-state index contributed by atoms with van der Waals surface area (Å²) in [6.45, 7) is 1.93. The summed E-state index contributed by atoms with van der Waals surface area (Å²) in [5, 5.41) is 3.44. The highest BCUT2D eigenvalue weighted by atomic mass is 35.5. The second-order valence-corrected chi connectivity index (χ2v) is 4.27. The van der Waals surface area contributed by atoms with E-state index in [0.29, 0.717) is 16.3 Å². The van der Waals surface area contributed by atoms with Gasteiger partial charge in [-0.3, -0.25) is 4.79 Å². The quantitative estimate of drug-likeness (QED) is 0.854. The van der Waals surface area contributed by atoms with Gasteiger partial charge in [-0.25, -0.2) is 0 Å². The van der Waals surface area contributed by atoms with Crippen LogP contribution in [0.1, 0.15) is 15.9 Å². The first-order valence-corrected chi connectivity index (χ1v) is 5.66. The molecule has 86 valence electrons. The monoisotopic (exact) mass is 245 g/mol. The lowest BCUT2D eigenvalue weighted by Crippen LogP contribution is -2.11. The number of hydrogen-bond acceptors (Lipinski definition) is 1. The molecule has 0 atom stereocenters. The average Bonchev–Trinajstić information content (AvgIpc) is 2.28. The van der Waals surface area contributed by atoms with E-state index in [4.69, 9.17) is 11.6 Å². The minimum atomic E-state index is -0.132. The number of carbonyl (C=O) groups excluding carboxylic acids is 1. The van der Waals surface area contributed by atoms with Gasteiger partial charge in [0.25, 0.3) is 5.91 Å². The van der Waals surface area contributed by atoms with Gasteiger partial charge in [-0.1, -0.05) is 29.8 Å². The van der Waals surface area contributed by atoms with E-state index in [9.17, 15) is 4.79 Å². The number of nitrogens with one attached hydrogen (secondary N) is 1. The maximum atomic E-state index is 11.9. The van der Waals surface area contributed by atoms with Crippen molar-refractivity contribution >= 4 is 23.2 Å². The van der Waals surface area contributed by atoms with Crippen molar-refractivity contribution in [2.24, 2.45) is 0 Å². The van der Waals surface area contributed by atoms with E-state index < -0.39 is 0 Å². The Hall–Kier alpha value is -1.80. The van der Waals surface area contributed by atoms with Gasteiger partial charge in [-0.2, -0.15) is 0 Å². The minimum absolute atomic E-state index is 0.132. The van der Waals surface area contributed by atoms with Crippen LogP contribution >= 0.6 is 11.6 Å². The first-order valence-electron chi connectivity index (χ1n) is 5.29. The summed E-state index contributed by atoms with van der Waals surface area (Å²) in [7, 11) is 0. The van der Waals surface area contributed by atoms with E-state index in [-0.39, 0.29) is 5.91 Å². The highest BCUT2D eigenvalue weighted by molar-refractivity contribution is 6.31. The molecule has 3 heteroatoms. The predicted octanol–water partition coefficient (Wildman–Crippen LogP) is 3.90. The van der Waals surface area contributed by atoms with Crippen LogP contribution in [0.15, 0.2) is 48.5 Å². The van der Waals surface area contributed by atoms with Crippen LogP contribution in [-0.2, 0) is 0 Å². The van der Waals surface area contributed by atoms with E-state index in [1.54, 1.807) is 18.2 Å². The summed E-state index contributed by atoms with van der Waals surface area (Å²) in [6, 6.07) is 14.5. The molecule has 17 heavy (non-hydrogen) atoms. The van der Waals surface area contributed by atoms with Crippen LogP contribution in [0.5, 0.6) is 0 Å². The van der Waals surface area contributed by atoms with Crippen molar-refractivity contribution in [2.75, 3.05) is 5.32 Å². The normalized spacial score (nSPS) is 10.0. The fraction of sp³-hybridized carbons (Fsp3) is 0.0714. The van der Waals surface area contributed by atoms with Gasteiger partial charge in [-0.15, -0.1) is 0 Å². The predicted molar refractivity (Wildman–Crippen MR) is 70.6 cm³/mol. The number of halogens is 1. The first-order chi connectivity index (χ1) is 8.15. The van der Waals surface area contributed by atoms with Crippen molar-refractivity contribution in [2.45, 2.75) is 6.92 Å². The van der Waals surface area contributed by atoms with E-state index in [0.717, 1.165) is 5.56 Å². The number of rotatable bonds is 2. The zero-order valence-corrected chi connectivity index (χ0v) is 10.2. The average molecular weight is 246 g/mol. The van der Waals surface area contributed by atoms with Crippen molar-refractivity contribution in [3.05, 3.63) is 64.7 Å². The summed E-state index contributed by atoms with van der Waals surface area (Å²) >= 11 is 5.93. The molecule has 0 aliphatic heterocycles. The Morgan fingerprint density at radius 2 is 1.82 bits per heavy atom. The van der Waals surface area contributed by atoms with E-state index in [1.807, 2.05) is 37.3 Å². The van der Waals surface area contributed by atoms with Gasteiger partial charge in [0, 0.05) is 16.3 Å². The molecule has 0 fully saturated rings. The molecule has 0 saturated carbocycles. The topological polar surface area (TPSA) is 29.1 Å². The number of hydrogen-bond donors (Lipinski definition) is 1. The summed E-state index contributed by atoms with van der Waals surface area (Å²) in [5.74, 6) is -0.132. The van der Waals surface area contributed by atoms with Gasteiger partial charge in [-0.05, 0) is 42.8 Å². The number of anilines is 1. The molecule has 0 bridgehead atoms. The number of benzene rings is 2. The molecule has 0 aliphatic carbocycles. The smallest absolute Gasteiger partial charge is 0.255 e. The minimum Gasteiger partial charge on any atom is -0.322 e. The molecule has 2 nitrogen and oxygen atoms in total. The molecule has 1 amide bonds. The van der Waals surface area contributed by atoms with Crippen molar-refractivity contribution in [1.29, 1.82) is 0 Å². The van der Waals surface area contributed by atoms with Crippen molar-refractivity contribution in [1.82, 2.24) is 0 Å². The number of aryl methyl sites for hydroxylation is 1. The largest absolute Gasteiger partial charge is 0.322 e. The lowest BCUT2D eigenvalue weighted by Gasteiger charge is -2.06. The Balaban J connectivity index is 2.19. The van der Waals surface area contributed by atoms with Crippen LogP contribution in [0.3, 0.4) is 0 Å². The van der Waals surface area contributed by atoms with Crippen LogP contribution in [0, 0.1) is 6.92 Å². The third-order valence-corrected chi connectivity index (χ3v) is 2.55. The molecular formula is C14H12ClNO.